The van der Waals surface area contributed by atoms with Crippen LogP contribution in [0.1, 0.15) is 16.4 Å². The molecular formula is C21H15F3N2O4S. The molecule has 31 heavy (non-hydrogen) atoms. The van der Waals surface area contributed by atoms with E-state index in [2.05, 4.69) is 9.72 Å². The van der Waals surface area contributed by atoms with Crippen LogP contribution in [0.2, 0.25) is 0 Å². The van der Waals surface area contributed by atoms with Crippen molar-refractivity contribution < 1.29 is 32.2 Å². The number of carbonyl (C=O) groups is 2. The van der Waals surface area contributed by atoms with Gasteiger partial charge in [-0.05, 0) is 53.2 Å². The lowest BCUT2D eigenvalue weighted by atomic mass is 10.1. The fraction of sp³-hybridized carbons (Fsp3) is 0.190. The van der Waals surface area contributed by atoms with Gasteiger partial charge in [0.2, 0.25) is 5.91 Å². The predicted molar refractivity (Wildman–Crippen MR) is 108 cm³/mol. The smallest absolute Gasteiger partial charge is 0.489 e. The summed E-state index contributed by atoms with van der Waals surface area (Å²) in [4.78, 5) is 29.4. The minimum absolute atomic E-state index is 0.150. The third-order valence-electron chi connectivity index (χ3n) is 4.59. The van der Waals surface area contributed by atoms with Crippen molar-refractivity contribution in [2.24, 2.45) is 0 Å². The highest BCUT2D eigenvalue weighted by Crippen LogP contribution is 2.39. The normalized spacial score (nSPS) is 16.8. The second-order valence-corrected chi connectivity index (χ2v) is 7.82. The van der Waals surface area contributed by atoms with Crippen LogP contribution in [-0.4, -0.2) is 34.4 Å². The van der Waals surface area contributed by atoms with Crippen molar-refractivity contribution in [1.82, 2.24) is 9.88 Å². The number of ether oxygens (including phenoxy) is 2. The number of fused-ring (bicyclic) bond motifs is 1. The summed E-state index contributed by atoms with van der Waals surface area (Å²) in [5, 5.41) is -0.111. The Bertz CT molecular complexity index is 1150. The topological polar surface area (TPSA) is 68.7 Å². The Morgan fingerprint density at radius 1 is 1.06 bits per heavy atom. The van der Waals surface area contributed by atoms with Gasteiger partial charge in [0.05, 0.1) is 5.52 Å². The first-order valence-corrected chi connectivity index (χ1v) is 9.93. The molecule has 160 valence electrons. The molecule has 1 saturated heterocycles. The first-order valence-electron chi connectivity index (χ1n) is 9.05. The highest BCUT2D eigenvalue weighted by atomic mass is 32.2. The molecule has 1 fully saturated rings. The second kappa shape index (κ2) is 8.10. The molecule has 0 radical (unpaired) electrons. The number of nitrogens with zero attached hydrogens (tertiary/aromatic N) is 2. The van der Waals surface area contributed by atoms with Crippen molar-refractivity contribution in [1.29, 1.82) is 0 Å². The highest BCUT2D eigenvalue weighted by Gasteiger charge is 2.38. The second-order valence-electron chi connectivity index (χ2n) is 6.76. The largest absolute Gasteiger partial charge is 0.573 e. The molecule has 2 heterocycles. The number of pyridine rings is 1. The zero-order chi connectivity index (χ0) is 22.2. The summed E-state index contributed by atoms with van der Waals surface area (Å²) in [5.74, 6) is -0.0406. The van der Waals surface area contributed by atoms with Crippen LogP contribution >= 0.6 is 11.8 Å². The average Bonchev–Trinajstić information content (AvgIpc) is 2.99. The summed E-state index contributed by atoms with van der Waals surface area (Å²) >= 11 is 0.958. The number of hydrogen-bond acceptors (Lipinski definition) is 6. The highest BCUT2D eigenvalue weighted by molar-refractivity contribution is 8.14. The summed E-state index contributed by atoms with van der Waals surface area (Å²) in [6, 6.07) is 12.5. The zero-order valence-electron chi connectivity index (χ0n) is 16.1. The van der Waals surface area contributed by atoms with Gasteiger partial charge in [-0.3, -0.25) is 19.5 Å². The number of carbonyl (C=O) groups excluding carboxylic acids is 2. The van der Waals surface area contributed by atoms with Gasteiger partial charge in [0.1, 0.15) is 23.4 Å². The maximum atomic E-state index is 12.2. The number of benzene rings is 2. The van der Waals surface area contributed by atoms with Gasteiger partial charge >= 0.3 is 6.36 Å². The first-order chi connectivity index (χ1) is 14.7. The first kappa shape index (κ1) is 21.0. The van der Waals surface area contributed by atoms with E-state index in [0.717, 1.165) is 22.0 Å². The standard InChI is InChI=1S/C21H15F3N2O4S/c1-26-19(27)18(31-20(26)28)14-8-13-4-7-16(9-17(13)25-10-14)29-11-12-2-5-15(6-3-12)30-21(22,23)24/h2-10,18H,11H2,1H3. The average molecular weight is 448 g/mol. The van der Waals surface area contributed by atoms with Crippen LogP contribution in [0.15, 0.2) is 54.7 Å². The molecular weight excluding hydrogens is 433 g/mol. The minimum atomic E-state index is -4.73. The van der Waals surface area contributed by atoms with Gasteiger partial charge in [-0.25, -0.2) is 0 Å². The number of amides is 2. The Hall–Kier alpha value is -3.27. The molecule has 1 aliphatic heterocycles. The van der Waals surface area contributed by atoms with Gasteiger partial charge < -0.3 is 9.47 Å². The SMILES string of the molecule is CN1C(=O)SC(c2cnc3cc(OCc4ccc(OC(F)(F)F)cc4)ccc3c2)C1=O. The van der Waals surface area contributed by atoms with Crippen LogP contribution in [0.4, 0.5) is 18.0 Å². The monoisotopic (exact) mass is 448 g/mol. The van der Waals surface area contributed by atoms with Crippen molar-refractivity contribution in [3.05, 3.63) is 65.9 Å². The van der Waals surface area contributed by atoms with Crippen LogP contribution < -0.4 is 9.47 Å². The van der Waals surface area contributed by atoms with Crippen molar-refractivity contribution in [2.75, 3.05) is 7.05 Å². The van der Waals surface area contributed by atoms with E-state index in [9.17, 15) is 22.8 Å². The number of thioether (sulfide) groups is 1. The van der Waals surface area contributed by atoms with E-state index in [1.165, 1.54) is 31.3 Å². The number of imide groups is 1. The molecule has 0 aliphatic carbocycles. The number of rotatable bonds is 5. The maximum Gasteiger partial charge on any atom is 0.573 e. The van der Waals surface area contributed by atoms with Crippen LogP contribution in [0.5, 0.6) is 11.5 Å². The Kier molecular flexibility index (Phi) is 5.48. The maximum absolute atomic E-state index is 12.2. The summed E-state index contributed by atoms with van der Waals surface area (Å²) in [7, 11) is 1.45. The van der Waals surface area contributed by atoms with Crippen LogP contribution in [0.3, 0.4) is 0 Å². The lowest BCUT2D eigenvalue weighted by Crippen LogP contribution is -2.24. The van der Waals surface area contributed by atoms with Gasteiger partial charge in [-0.1, -0.05) is 12.1 Å². The van der Waals surface area contributed by atoms with Crippen LogP contribution in [-0.2, 0) is 11.4 Å². The molecule has 0 N–H and O–H groups in total. The lowest BCUT2D eigenvalue weighted by molar-refractivity contribution is -0.274. The Balaban J connectivity index is 1.44. The summed E-state index contributed by atoms with van der Waals surface area (Å²) in [5.41, 5.74) is 1.96. The Morgan fingerprint density at radius 2 is 1.77 bits per heavy atom. The molecule has 2 aromatic carbocycles. The quantitative estimate of drug-likeness (QED) is 0.542. The van der Waals surface area contributed by atoms with Gasteiger partial charge in [0.15, 0.2) is 0 Å². The van der Waals surface area contributed by atoms with Gasteiger partial charge in [-0.2, -0.15) is 0 Å². The number of halogens is 3. The fourth-order valence-corrected chi connectivity index (χ4v) is 3.99. The molecule has 3 aromatic rings. The molecule has 0 bridgehead atoms. The molecule has 1 aromatic heterocycles. The summed E-state index contributed by atoms with van der Waals surface area (Å²) in [6.45, 7) is 0.150. The van der Waals surface area contributed by atoms with Crippen LogP contribution in [0, 0.1) is 0 Å². The third-order valence-corrected chi connectivity index (χ3v) is 5.77. The van der Waals surface area contributed by atoms with Crippen LogP contribution in [0.25, 0.3) is 10.9 Å². The van der Waals surface area contributed by atoms with E-state index in [1.54, 1.807) is 24.4 Å². The van der Waals surface area contributed by atoms with E-state index in [1.807, 2.05) is 6.07 Å². The number of aromatic nitrogens is 1. The van der Waals surface area contributed by atoms with Gasteiger partial charge in [0.25, 0.3) is 5.24 Å². The summed E-state index contributed by atoms with van der Waals surface area (Å²) < 4.78 is 46.2. The van der Waals surface area contributed by atoms with E-state index >= 15 is 0 Å². The Morgan fingerprint density at radius 3 is 2.42 bits per heavy atom. The van der Waals surface area contributed by atoms with E-state index in [0.29, 0.717) is 22.4 Å². The van der Waals surface area contributed by atoms with E-state index in [4.69, 9.17) is 4.74 Å². The molecule has 10 heteroatoms. The predicted octanol–water partition coefficient (Wildman–Crippen LogP) is 5.08. The molecule has 0 spiro atoms. The number of alkyl halides is 3. The van der Waals surface area contributed by atoms with Crippen molar-refractivity contribution in [3.8, 4) is 11.5 Å². The van der Waals surface area contributed by atoms with E-state index in [-0.39, 0.29) is 23.5 Å². The fourth-order valence-electron chi connectivity index (χ4n) is 3.01. The Labute approximate surface area is 179 Å². The minimum Gasteiger partial charge on any atom is -0.489 e. The van der Waals surface area contributed by atoms with Crippen molar-refractivity contribution >= 4 is 33.8 Å². The molecule has 1 aliphatic rings. The summed E-state index contributed by atoms with van der Waals surface area (Å²) in [6.07, 6.45) is -3.17. The molecule has 1 atom stereocenters. The van der Waals surface area contributed by atoms with Gasteiger partial charge in [-0.15, -0.1) is 13.2 Å². The number of hydrogen-bond donors (Lipinski definition) is 0. The van der Waals surface area contributed by atoms with E-state index < -0.39 is 11.6 Å². The number of likely N-dealkylation sites (N-methyl/N-ethyl adjacent to an activating group) is 1. The molecule has 0 saturated carbocycles. The van der Waals surface area contributed by atoms with Gasteiger partial charge in [0, 0.05) is 24.7 Å². The zero-order valence-corrected chi connectivity index (χ0v) is 16.9. The lowest BCUT2D eigenvalue weighted by Gasteiger charge is -2.11. The molecule has 6 nitrogen and oxygen atoms in total. The third kappa shape index (κ3) is 4.74. The molecule has 1 unspecified atom stereocenters. The molecule has 2 amide bonds. The molecule has 4 rings (SSSR count). The van der Waals surface area contributed by atoms with Crippen molar-refractivity contribution in [2.45, 2.75) is 18.2 Å². The van der Waals surface area contributed by atoms with Crippen molar-refractivity contribution in [3.63, 3.8) is 0 Å².